The lowest BCUT2D eigenvalue weighted by Gasteiger charge is -2.13. The fraction of sp³-hybridized carbons (Fsp3) is 0.400. The van der Waals surface area contributed by atoms with Crippen molar-refractivity contribution in [1.29, 1.82) is 0 Å². The monoisotopic (exact) mass is 324 g/mol. The molecule has 0 aliphatic rings. The number of aromatic nitrogens is 1. The minimum Gasteiger partial charge on any atom is -0.494 e. The van der Waals surface area contributed by atoms with Crippen LogP contribution < -0.4 is 9.46 Å². The molecular weight excluding hydrogens is 304 g/mol. The van der Waals surface area contributed by atoms with E-state index in [-0.39, 0.29) is 11.4 Å². The van der Waals surface area contributed by atoms with E-state index < -0.39 is 10.0 Å². The van der Waals surface area contributed by atoms with Gasteiger partial charge in [0.05, 0.1) is 24.2 Å². The number of hydrogen-bond acceptors (Lipinski definition) is 5. The summed E-state index contributed by atoms with van der Waals surface area (Å²) in [5, 5.41) is 0. The third-order valence-electron chi connectivity index (χ3n) is 3.14. The van der Waals surface area contributed by atoms with Crippen molar-refractivity contribution in [2.75, 3.05) is 6.61 Å². The Kier molecular flexibility index (Phi) is 4.87. The van der Waals surface area contributed by atoms with E-state index >= 15 is 0 Å². The second-order valence-corrected chi connectivity index (χ2v) is 6.74. The summed E-state index contributed by atoms with van der Waals surface area (Å²) in [6, 6.07) is 3.35. The lowest BCUT2D eigenvalue weighted by Crippen LogP contribution is -2.24. The van der Waals surface area contributed by atoms with Gasteiger partial charge in [-0.25, -0.2) is 18.1 Å². The van der Waals surface area contributed by atoms with Gasteiger partial charge >= 0.3 is 0 Å². The second kappa shape index (κ2) is 6.50. The summed E-state index contributed by atoms with van der Waals surface area (Å²) in [6.45, 7) is 7.76. The molecule has 0 aliphatic heterocycles. The largest absolute Gasteiger partial charge is 0.494 e. The molecule has 0 saturated heterocycles. The first kappa shape index (κ1) is 16.5. The Labute approximate surface area is 130 Å². The molecule has 1 N–H and O–H groups in total. The summed E-state index contributed by atoms with van der Waals surface area (Å²) in [6.07, 6.45) is 1.55. The van der Waals surface area contributed by atoms with Crippen LogP contribution in [0.5, 0.6) is 5.75 Å². The van der Waals surface area contributed by atoms with Gasteiger partial charge in [0.1, 0.15) is 11.5 Å². The van der Waals surface area contributed by atoms with Gasteiger partial charge in [-0.3, -0.25) is 0 Å². The number of oxazole rings is 1. The number of nitrogens with zero attached hydrogens (tertiary/aromatic N) is 1. The number of sulfonamides is 1. The van der Waals surface area contributed by atoms with Gasteiger partial charge in [0.25, 0.3) is 0 Å². The Morgan fingerprint density at radius 3 is 2.55 bits per heavy atom. The van der Waals surface area contributed by atoms with Crippen LogP contribution in [0.2, 0.25) is 0 Å². The Morgan fingerprint density at radius 2 is 1.95 bits per heavy atom. The number of ether oxygens (including phenoxy) is 1. The van der Waals surface area contributed by atoms with Crippen LogP contribution in [0.3, 0.4) is 0 Å². The number of hydrogen-bond donors (Lipinski definition) is 1. The van der Waals surface area contributed by atoms with Crippen LogP contribution in [0.4, 0.5) is 0 Å². The van der Waals surface area contributed by atoms with Crippen molar-refractivity contribution >= 4 is 10.0 Å². The topological polar surface area (TPSA) is 81.4 Å². The maximum atomic E-state index is 12.4. The molecule has 0 spiro atoms. The minimum atomic E-state index is -3.64. The first-order valence-electron chi connectivity index (χ1n) is 6.98. The molecule has 7 heteroatoms. The molecular formula is C15H20N2O4S. The fourth-order valence-electron chi connectivity index (χ4n) is 2.08. The van der Waals surface area contributed by atoms with Gasteiger partial charge in [-0.05, 0) is 51.0 Å². The molecule has 1 aromatic heterocycles. The van der Waals surface area contributed by atoms with E-state index in [1.165, 1.54) is 0 Å². The highest BCUT2D eigenvalue weighted by Gasteiger charge is 2.19. The molecule has 0 unspecified atom stereocenters. The zero-order valence-corrected chi connectivity index (χ0v) is 14.0. The summed E-state index contributed by atoms with van der Waals surface area (Å²) in [7, 11) is -3.64. The average Bonchev–Trinajstić information content (AvgIpc) is 2.86. The van der Waals surface area contributed by atoms with Crippen LogP contribution in [0.25, 0.3) is 0 Å². The Balaban J connectivity index is 2.23. The van der Waals surface area contributed by atoms with Gasteiger partial charge in [-0.2, -0.15) is 0 Å². The van der Waals surface area contributed by atoms with Crippen LogP contribution in [0, 0.1) is 20.8 Å². The Hall–Kier alpha value is -1.86. The fourth-order valence-corrected chi connectivity index (χ4v) is 3.37. The summed E-state index contributed by atoms with van der Waals surface area (Å²) in [5.41, 5.74) is 1.41. The predicted molar refractivity (Wildman–Crippen MR) is 82.4 cm³/mol. The van der Waals surface area contributed by atoms with Crippen LogP contribution in [-0.4, -0.2) is 20.0 Å². The smallest absolute Gasteiger partial charge is 0.241 e. The quantitative estimate of drug-likeness (QED) is 0.883. The maximum absolute atomic E-state index is 12.4. The minimum absolute atomic E-state index is 0.0157. The molecule has 120 valence electrons. The highest BCUT2D eigenvalue weighted by Crippen LogP contribution is 2.26. The maximum Gasteiger partial charge on any atom is 0.241 e. The van der Waals surface area contributed by atoms with Crippen molar-refractivity contribution in [3.05, 3.63) is 41.1 Å². The molecule has 2 aromatic rings. The van der Waals surface area contributed by atoms with Crippen molar-refractivity contribution in [3.63, 3.8) is 0 Å². The molecule has 0 saturated carbocycles. The van der Waals surface area contributed by atoms with Crippen LogP contribution in [0.15, 0.2) is 27.6 Å². The predicted octanol–water partition coefficient (Wildman–Crippen LogP) is 2.48. The highest BCUT2D eigenvalue weighted by molar-refractivity contribution is 7.89. The Morgan fingerprint density at radius 1 is 1.23 bits per heavy atom. The summed E-state index contributed by atoms with van der Waals surface area (Å²) in [4.78, 5) is 4.21. The zero-order valence-electron chi connectivity index (χ0n) is 13.1. The van der Waals surface area contributed by atoms with Crippen LogP contribution in [-0.2, 0) is 16.6 Å². The lowest BCUT2D eigenvalue weighted by molar-refractivity contribution is 0.337. The number of nitrogens with one attached hydrogen (secondary N) is 1. The van der Waals surface area contributed by atoms with E-state index in [1.54, 1.807) is 32.2 Å². The van der Waals surface area contributed by atoms with Gasteiger partial charge < -0.3 is 9.15 Å². The number of rotatable bonds is 6. The molecule has 0 bridgehead atoms. The Bertz CT molecular complexity index is 766. The average molecular weight is 324 g/mol. The van der Waals surface area contributed by atoms with Crippen LogP contribution in [0.1, 0.15) is 29.7 Å². The van der Waals surface area contributed by atoms with Crippen molar-refractivity contribution in [2.24, 2.45) is 0 Å². The standard InChI is InChI=1S/C15H20N2O4S/c1-5-20-13-6-11(3)14(7-10(13)2)22(18,19)17-9-15-16-8-12(4)21-15/h6-8,17H,5,9H2,1-4H3. The normalized spacial score (nSPS) is 11.6. The molecule has 0 atom stereocenters. The van der Waals surface area contributed by atoms with E-state index in [1.807, 2.05) is 13.8 Å². The molecule has 0 aliphatic carbocycles. The first-order chi connectivity index (χ1) is 10.3. The molecule has 2 rings (SSSR count). The third-order valence-corrected chi connectivity index (χ3v) is 4.69. The van der Waals surface area contributed by atoms with Gasteiger partial charge in [-0.1, -0.05) is 0 Å². The van der Waals surface area contributed by atoms with Crippen molar-refractivity contribution in [2.45, 2.75) is 39.1 Å². The van der Waals surface area contributed by atoms with Gasteiger partial charge in [0.2, 0.25) is 15.9 Å². The van der Waals surface area contributed by atoms with Crippen molar-refractivity contribution in [1.82, 2.24) is 9.71 Å². The molecule has 0 fully saturated rings. The highest BCUT2D eigenvalue weighted by atomic mass is 32.2. The lowest BCUT2D eigenvalue weighted by atomic mass is 10.1. The molecule has 22 heavy (non-hydrogen) atoms. The van der Waals surface area contributed by atoms with E-state index in [4.69, 9.17) is 9.15 Å². The molecule has 0 radical (unpaired) electrons. The van der Waals surface area contributed by atoms with Gasteiger partial charge in [-0.15, -0.1) is 0 Å². The van der Waals surface area contributed by atoms with Crippen LogP contribution >= 0.6 is 0 Å². The van der Waals surface area contributed by atoms with E-state index in [0.717, 1.165) is 5.56 Å². The van der Waals surface area contributed by atoms with E-state index in [2.05, 4.69) is 9.71 Å². The molecule has 1 aromatic carbocycles. The van der Waals surface area contributed by atoms with E-state index in [0.29, 0.717) is 29.6 Å². The van der Waals surface area contributed by atoms with Gasteiger partial charge in [0, 0.05) is 0 Å². The summed E-state index contributed by atoms with van der Waals surface area (Å²) < 4.78 is 38.1. The van der Waals surface area contributed by atoms with E-state index in [9.17, 15) is 8.42 Å². The molecule has 6 nitrogen and oxygen atoms in total. The van der Waals surface area contributed by atoms with Crippen molar-refractivity contribution < 1.29 is 17.6 Å². The summed E-state index contributed by atoms with van der Waals surface area (Å²) in [5.74, 6) is 1.67. The van der Waals surface area contributed by atoms with Gasteiger partial charge in [0.15, 0.2) is 0 Å². The summed E-state index contributed by atoms with van der Waals surface area (Å²) >= 11 is 0. The number of benzene rings is 1. The molecule has 0 amide bonds. The third kappa shape index (κ3) is 3.66. The van der Waals surface area contributed by atoms with Crippen molar-refractivity contribution in [3.8, 4) is 5.75 Å². The number of aryl methyl sites for hydroxylation is 3. The second-order valence-electron chi connectivity index (χ2n) is 5.01. The first-order valence-corrected chi connectivity index (χ1v) is 8.47. The SMILES string of the molecule is CCOc1cc(C)c(S(=O)(=O)NCc2ncc(C)o2)cc1C. The zero-order chi connectivity index (χ0) is 16.3. The molecule has 1 heterocycles.